The van der Waals surface area contributed by atoms with E-state index in [1.165, 1.54) is 5.56 Å². The second kappa shape index (κ2) is 7.43. The zero-order chi connectivity index (χ0) is 15.2. The van der Waals surface area contributed by atoms with Crippen molar-refractivity contribution in [3.05, 3.63) is 29.8 Å². The van der Waals surface area contributed by atoms with Gasteiger partial charge >= 0.3 is 5.97 Å². The molecule has 1 aromatic rings. The number of nitrogens with zero attached hydrogens (tertiary/aromatic N) is 2. The van der Waals surface area contributed by atoms with Crippen LogP contribution in [-0.2, 0) is 4.79 Å². The highest BCUT2D eigenvalue weighted by atomic mass is 16.5. The van der Waals surface area contributed by atoms with Gasteiger partial charge in [-0.2, -0.15) is 0 Å². The lowest BCUT2D eigenvalue weighted by atomic mass is 10.1. The van der Waals surface area contributed by atoms with E-state index >= 15 is 0 Å². The van der Waals surface area contributed by atoms with Crippen LogP contribution >= 0.6 is 0 Å². The van der Waals surface area contributed by atoms with Crippen LogP contribution in [-0.4, -0.2) is 60.7 Å². The van der Waals surface area contributed by atoms with Gasteiger partial charge in [-0.3, -0.25) is 14.6 Å². The molecule has 1 aliphatic rings. The van der Waals surface area contributed by atoms with Gasteiger partial charge in [0.25, 0.3) is 0 Å². The van der Waals surface area contributed by atoms with Crippen molar-refractivity contribution < 1.29 is 14.6 Å². The molecule has 0 amide bonds. The maximum Gasteiger partial charge on any atom is 0.317 e. The van der Waals surface area contributed by atoms with E-state index in [-0.39, 0.29) is 6.54 Å². The van der Waals surface area contributed by atoms with E-state index in [9.17, 15) is 4.79 Å². The van der Waals surface area contributed by atoms with Crippen LogP contribution < -0.4 is 4.74 Å². The number of hydrogen-bond acceptors (Lipinski definition) is 4. The van der Waals surface area contributed by atoms with Crippen LogP contribution in [0, 0.1) is 0 Å². The highest BCUT2D eigenvalue weighted by Crippen LogP contribution is 2.23. The molecule has 0 radical (unpaired) electrons. The van der Waals surface area contributed by atoms with Crippen molar-refractivity contribution in [2.24, 2.45) is 0 Å². The Labute approximate surface area is 126 Å². The summed E-state index contributed by atoms with van der Waals surface area (Å²) in [6.45, 7) is 5.92. The van der Waals surface area contributed by atoms with Gasteiger partial charge in [0.1, 0.15) is 5.75 Å². The summed E-state index contributed by atoms with van der Waals surface area (Å²) in [5.41, 5.74) is 1.27. The first-order chi connectivity index (χ1) is 10.1. The molecule has 1 heterocycles. The Balaban J connectivity index is 1.95. The van der Waals surface area contributed by atoms with E-state index in [1.54, 1.807) is 7.11 Å². The number of rotatable bonds is 5. The van der Waals surface area contributed by atoms with Crippen LogP contribution in [0.15, 0.2) is 24.3 Å². The first-order valence-corrected chi connectivity index (χ1v) is 7.42. The van der Waals surface area contributed by atoms with Gasteiger partial charge in [0.2, 0.25) is 0 Å². The summed E-state index contributed by atoms with van der Waals surface area (Å²) >= 11 is 0. The van der Waals surface area contributed by atoms with Crippen LogP contribution in [0.1, 0.15) is 24.9 Å². The number of methoxy groups -OCH3 is 1. The van der Waals surface area contributed by atoms with Gasteiger partial charge in [-0.15, -0.1) is 0 Å². The molecule has 1 atom stereocenters. The molecule has 0 saturated carbocycles. The molecule has 5 heteroatoms. The molecule has 1 aliphatic heterocycles. The van der Waals surface area contributed by atoms with Gasteiger partial charge in [0.05, 0.1) is 13.7 Å². The van der Waals surface area contributed by atoms with Gasteiger partial charge < -0.3 is 9.84 Å². The Bertz CT molecular complexity index is 461. The molecule has 1 aromatic carbocycles. The molecule has 116 valence electrons. The normalized spacial score (nSPS) is 19.0. The Hall–Kier alpha value is -1.59. The van der Waals surface area contributed by atoms with Crippen molar-refractivity contribution in [3.63, 3.8) is 0 Å². The summed E-state index contributed by atoms with van der Waals surface area (Å²) in [5, 5.41) is 8.89. The summed E-state index contributed by atoms with van der Waals surface area (Å²) in [6, 6.07) is 8.51. The third-order valence-corrected chi connectivity index (χ3v) is 4.13. The van der Waals surface area contributed by atoms with Gasteiger partial charge in [-0.25, -0.2) is 0 Å². The summed E-state index contributed by atoms with van der Waals surface area (Å²) in [5.74, 6) is 0.126. The maximum atomic E-state index is 10.8. The van der Waals surface area contributed by atoms with E-state index in [1.807, 2.05) is 17.0 Å². The van der Waals surface area contributed by atoms with Crippen LogP contribution in [0.4, 0.5) is 0 Å². The van der Waals surface area contributed by atoms with Crippen molar-refractivity contribution in [1.82, 2.24) is 9.80 Å². The molecular formula is C16H24N2O3. The van der Waals surface area contributed by atoms with Gasteiger partial charge in [0.15, 0.2) is 0 Å². The van der Waals surface area contributed by atoms with E-state index in [0.29, 0.717) is 6.04 Å². The average molecular weight is 292 g/mol. The molecular weight excluding hydrogens is 268 g/mol. The first kappa shape index (κ1) is 15.8. The highest BCUT2D eigenvalue weighted by molar-refractivity contribution is 5.69. The van der Waals surface area contributed by atoms with E-state index in [0.717, 1.165) is 38.3 Å². The fraction of sp³-hybridized carbons (Fsp3) is 0.562. The second-order valence-corrected chi connectivity index (χ2v) is 5.51. The predicted molar refractivity (Wildman–Crippen MR) is 81.7 cm³/mol. The molecule has 2 rings (SSSR count). The number of ether oxygens (including phenoxy) is 1. The molecule has 1 fully saturated rings. The minimum Gasteiger partial charge on any atom is -0.497 e. The molecule has 1 unspecified atom stereocenters. The standard InChI is InChI=1S/C16H24N2O3/c1-13(14-4-6-15(21-2)7-5-14)18-9-3-8-17(10-11-18)12-16(19)20/h4-7,13H,3,8-12H2,1-2H3,(H,19,20). The van der Waals surface area contributed by atoms with Crippen molar-refractivity contribution in [1.29, 1.82) is 0 Å². The highest BCUT2D eigenvalue weighted by Gasteiger charge is 2.21. The third-order valence-electron chi connectivity index (χ3n) is 4.13. The summed E-state index contributed by atoms with van der Waals surface area (Å²) in [4.78, 5) is 15.2. The van der Waals surface area contributed by atoms with E-state index in [2.05, 4.69) is 24.0 Å². The zero-order valence-corrected chi connectivity index (χ0v) is 12.8. The van der Waals surface area contributed by atoms with Crippen LogP contribution in [0.2, 0.25) is 0 Å². The summed E-state index contributed by atoms with van der Waals surface area (Å²) in [7, 11) is 1.67. The number of hydrogen-bond donors (Lipinski definition) is 1. The van der Waals surface area contributed by atoms with Gasteiger partial charge in [-0.1, -0.05) is 12.1 Å². The third kappa shape index (κ3) is 4.44. The maximum absolute atomic E-state index is 10.8. The fourth-order valence-corrected chi connectivity index (χ4v) is 2.82. The Morgan fingerprint density at radius 1 is 1.24 bits per heavy atom. The quantitative estimate of drug-likeness (QED) is 0.897. The Morgan fingerprint density at radius 2 is 1.95 bits per heavy atom. The minimum atomic E-state index is -0.744. The number of aliphatic carboxylic acids is 1. The van der Waals surface area contributed by atoms with Crippen LogP contribution in [0.25, 0.3) is 0 Å². The Morgan fingerprint density at radius 3 is 2.57 bits per heavy atom. The van der Waals surface area contributed by atoms with Crippen molar-refractivity contribution in [3.8, 4) is 5.75 Å². The van der Waals surface area contributed by atoms with Crippen molar-refractivity contribution in [2.45, 2.75) is 19.4 Å². The monoisotopic (exact) mass is 292 g/mol. The van der Waals surface area contributed by atoms with Gasteiger partial charge in [-0.05, 0) is 31.0 Å². The number of carboxylic acid groups (broad SMARTS) is 1. The summed E-state index contributed by atoms with van der Waals surface area (Å²) < 4.78 is 5.19. The topological polar surface area (TPSA) is 53.0 Å². The molecule has 0 aromatic heterocycles. The van der Waals surface area contributed by atoms with Gasteiger partial charge in [0, 0.05) is 32.2 Å². The lowest BCUT2D eigenvalue weighted by Crippen LogP contribution is -2.35. The largest absolute Gasteiger partial charge is 0.497 e. The Kier molecular flexibility index (Phi) is 5.59. The van der Waals surface area contributed by atoms with E-state index < -0.39 is 5.97 Å². The molecule has 1 saturated heterocycles. The number of carboxylic acids is 1. The molecule has 5 nitrogen and oxygen atoms in total. The number of benzene rings is 1. The first-order valence-electron chi connectivity index (χ1n) is 7.42. The number of carbonyl (C=O) groups is 1. The molecule has 21 heavy (non-hydrogen) atoms. The average Bonchev–Trinajstić information content (AvgIpc) is 2.71. The molecule has 0 spiro atoms. The SMILES string of the molecule is COc1ccc(C(C)N2CCCN(CC(=O)O)CC2)cc1. The lowest BCUT2D eigenvalue weighted by molar-refractivity contribution is -0.138. The zero-order valence-electron chi connectivity index (χ0n) is 12.8. The van der Waals surface area contributed by atoms with Crippen molar-refractivity contribution in [2.75, 3.05) is 39.8 Å². The second-order valence-electron chi connectivity index (χ2n) is 5.51. The minimum absolute atomic E-state index is 0.144. The lowest BCUT2D eigenvalue weighted by Gasteiger charge is -2.28. The van der Waals surface area contributed by atoms with Crippen LogP contribution in [0.3, 0.4) is 0 Å². The molecule has 0 aliphatic carbocycles. The van der Waals surface area contributed by atoms with Crippen molar-refractivity contribution >= 4 is 5.97 Å². The van der Waals surface area contributed by atoms with E-state index in [4.69, 9.17) is 9.84 Å². The molecule has 1 N–H and O–H groups in total. The fourth-order valence-electron chi connectivity index (χ4n) is 2.82. The predicted octanol–water partition coefficient (Wildman–Crippen LogP) is 1.85. The van der Waals surface area contributed by atoms with Crippen LogP contribution in [0.5, 0.6) is 5.75 Å². The summed E-state index contributed by atoms with van der Waals surface area (Å²) in [6.07, 6.45) is 1.01. The molecule has 0 bridgehead atoms. The smallest absolute Gasteiger partial charge is 0.317 e.